The topological polar surface area (TPSA) is 74.8 Å². The fourth-order valence-electron chi connectivity index (χ4n) is 2.89. The highest BCUT2D eigenvalue weighted by atomic mass is 79.9. The van der Waals surface area contributed by atoms with E-state index in [1.54, 1.807) is 11.0 Å². The average molecular weight is 467 g/mol. The minimum Gasteiger partial charge on any atom is -0.379 e. The average Bonchev–Trinajstić information content (AvgIpc) is 3.10. The number of nitrogens with one attached hydrogen (secondary N) is 1. The molecule has 1 aliphatic heterocycles. The molecule has 0 spiro atoms. The van der Waals surface area contributed by atoms with Gasteiger partial charge in [0.15, 0.2) is 5.13 Å². The molecule has 2 heterocycles. The van der Waals surface area contributed by atoms with Crippen molar-refractivity contribution in [1.82, 2.24) is 14.8 Å². The van der Waals surface area contributed by atoms with Crippen LogP contribution in [-0.2, 0) is 9.53 Å². The third-order valence-corrected chi connectivity index (χ3v) is 5.95. The Morgan fingerprint density at radius 3 is 2.75 bits per heavy atom. The quantitative estimate of drug-likeness (QED) is 0.678. The first-order valence-corrected chi connectivity index (χ1v) is 10.8. The molecular formula is C19H23BrN4O3S. The van der Waals surface area contributed by atoms with E-state index in [1.807, 2.05) is 30.5 Å². The van der Waals surface area contributed by atoms with Gasteiger partial charge in [-0.3, -0.25) is 14.5 Å². The zero-order valence-corrected chi connectivity index (χ0v) is 18.1. The van der Waals surface area contributed by atoms with Crippen LogP contribution in [0.4, 0.5) is 5.13 Å². The predicted molar refractivity (Wildman–Crippen MR) is 113 cm³/mol. The smallest absolute Gasteiger partial charge is 0.255 e. The van der Waals surface area contributed by atoms with Crippen LogP contribution in [0.5, 0.6) is 0 Å². The van der Waals surface area contributed by atoms with Crippen molar-refractivity contribution in [2.24, 2.45) is 0 Å². The van der Waals surface area contributed by atoms with Gasteiger partial charge in [0.05, 0.1) is 24.5 Å². The first kappa shape index (κ1) is 20.9. The zero-order valence-electron chi connectivity index (χ0n) is 15.7. The number of hydrogen-bond donors (Lipinski definition) is 1. The lowest BCUT2D eigenvalue weighted by molar-refractivity contribution is -0.117. The molecule has 2 amide bonds. The number of morpholine rings is 1. The van der Waals surface area contributed by atoms with Gasteiger partial charge in [0.2, 0.25) is 5.91 Å². The van der Waals surface area contributed by atoms with Crippen molar-refractivity contribution in [2.45, 2.75) is 6.92 Å². The van der Waals surface area contributed by atoms with Crippen LogP contribution < -0.4 is 5.32 Å². The number of thiazole rings is 1. The molecule has 0 saturated carbocycles. The Kier molecular flexibility index (Phi) is 7.55. The molecule has 3 rings (SSSR count). The number of aromatic nitrogens is 1. The Bertz CT molecular complexity index is 823. The van der Waals surface area contributed by atoms with Crippen molar-refractivity contribution in [3.63, 3.8) is 0 Å². The molecule has 0 unspecified atom stereocenters. The summed E-state index contributed by atoms with van der Waals surface area (Å²) in [5.41, 5.74) is 1.40. The first-order chi connectivity index (χ1) is 13.5. The fraction of sp³-hybridized carbons (Fsp3) is 0.421. The molecule has 1 aromatic heterocycles. The summed E-state index contributed by atoms with van der Waals surface area (Å²) >= 11 is 4.80. The highest BCUT2D eigenvalue weighted by molar-refractivity contribution is 9.10. The Morgan fingerprint density at radius 1 is 1.32 bits per heavy atom. The lowest BCUT2D eigenvalue weighted by atomic mass is 10.2. The number of benzene rings is 1. The Balaban J connectivity index is 1.68. The predicted octanol–water partition coefficient (Wildman–Crippen LogP) is 2.63. The molecule has 2 aromatic rings. The second-order valence-corrected chi connectivity index (χ2v) is 8.22. The summed E-state index contributed by atoms with van der Waals surface area (Å²) in [5.74, 6) is -0.428. The van der Waals surface area contributed by atoms with Crippen LogP contribution in [0.3, 0.4) is 0 Å². The molecule has 0 aliphatic carbocycles. The minimum absolute atomic E-state index is 0.0247. The molecule has 1 aliphatic rings. The molecule has 7 nitrogen and oxygen atoms in total. The van der Waals surface area contributed by atoms with Crippen LogP contribution in [-0.4, -0.2) is 72.5 Å². The maximum atomic E-state index is 13.1. The minimum atomic E-state index is -0.253. The molecule has 0 bridgehead atoms. The molecule has 0 radical (unpaired) electrons. The van der Waals surface area contributed by atoms with Crippen molar-refractivity contribution in [3.05, 3.63) is 45.4 Å². The molecule has 28 heavy (non-hydrogen) atoms. The van der Waals surface area contributed by atoms with Crippen LogP contribution in [0, 0.1) is 6.92 Å². The van der Waals surface area contributed by atoms with E-state index in [1.165, 1.54) is 11.3 Å². The van der Waals surface area contributed by atoms with Crippen molar-refractivity contribution < 1.29 is 14.3 Å². The van der Waals surface area contributed by atoms with Gasteiger partial charge in [-0.15, -0.1) is 11.3 Å². The number of aryl methyl sites for hydroxylation is 1. The number of carbonyl (C=O) groups is 2. The lowest BCUT2D eigenvalue weighted by Crippen LogP contribution is -2.45. The summed E-state index contributed by atoms with van der Waals surface area (Å²) in [6, 6.07) is 7.26. The van der Waals surface area contributed by atoms with E-state index in [2.05, 4.69) is 31.1 Å². The summed E-state index contributed by atoms with van der Waals surface area (Å²) < 4.78 is 6.09. The number of anilines is 1. The van der Waals surface area contributed by atoms with Crippen LogP contribution in [0.1, 0.15) is 16.1 Å². The van der Waals surface area contributed by atoms with Gasteiger partial charge < -0.3 is 15.0 Å². The van der Waals surface area contributed by atoms with Gasteiger partial charge >= 0.3 is 0 Å². The SMILES string of the molecule is Cc1csc(NC(=O)CN(CCN2CCOCC2)C(=O)c2ccccc2Br)n1. The van der Waals surface area contributed by atoms with Crippen LogP contribution in [0.25, 0.3) is 0 Å². The highest BCUT2D eigenvalue weighted by Gasteiger charge is 2.22. The number of rotatable bonds is 7. The van der Waals surface area contributed by atoms with Gasteiger partial charge in [-0.2, -0.15) is 0 Å². The van der Waals surface area contributed by atoms with Crippen molar-refractivity contribution in [1.29, 1.82) is 0 Å². The molecule has 150 valence electrons. The monoisotopic (exact) mass is 466 g/mol. The van der Waals surface area contributed by atoms with Crippen molar-refractivity contribution >= 4 is 44.2 Å². The van der Waals surface area contributed by atoms with Gasteiger partial charge in [0.1, 0.15) is 6.54 Å². The summed E-state index contributed by atoms with van der Waals surface area (Å²) in [7, 11) is 0. The van der Waals surface area contributed by atoms with E-state index in [0.29, 0.717) is 41.5 Å². The summed E-state index contributed by atoms with van der Waals surface area (Å²) in [4.78, 5) is 33.7. The van der Waals surface area contributed by atoms with Gasteiger partial charge in [-0.25, -0.2) is 4.98 Å². The number of halogens is 1. The van der Waals surface area contributed by atoms with Crippen molar-refractivity contribution in [3.8, 4) is 0 Å². The van der Waals surface area contributed by atoms with Gasteiger partial charge in [-0.1, -0.05) is 12.1 Å². The standard InChI is InChI=1S/C19H23BrN4O3S/c1-14-13-28-19(21-14)22-17(25)12-24(7-6-23-8-10-27-11-9-23)18(26)15-4-2-3-5-16(15)20/h2-5,13H,6-12H2,1H3,(H,21,22,25). The van der Waals surface area contributed by atoms with E-state index >= 15 is 0 Å². The lowest BCUT2D eigenvalue weighted by Gasteiger charge is -2.30. The summed E-state index contributed by atoms with van der Waals surface area (Å²) in [6.07, 6.45) is 0. The third-order valence-electron chi connectivity index (χ3n) is 4.38. The molecule has 1 fully saturated rings. The van der Waals surface area contributed by atoms with E-state index < -0.39 is 0 Å². The molecule has 1 saturated heterocycles. The van der Waals surface area contributed by atoms with E-state index in [9.17, 15) is 9.59 Å². The summed E-state index contributed by atoms with van der Waals surface area (Å²) in [6.45, 7) is 6.07. The van der Waals surface area contributed by atoms with Gasteiger partial charge in [-0.05, 0) is 35.0 Å². The normalized spacial score (nSPS) is 14.6. The second kappa shape index (κ2) is 10.1. The molecule has 0 atom stereocenters. The van der Waals surface area contributed by atoms with Crippen LogP contribution >= 0.6 is 27.3 Å². The number of ether oxygens (including phenoxy) is 1. The first-order valence-electron chi connectivity index (χ1n) is 9.09. The van der Waals surface area contributed by atoms with E-state index in [4.69, 9.17) is 4.74 Å². The third kappa shape index (κ3) is 5.84. The van der Waals surface area contributed by atoms with E-state index in [-0.39, 0.29) is 18.4 Å². The van der Waals surface area contributed by atoms with Gasteiger partial charge in [0, 0.05) is 36.0 Å². The highest BCUT2D eigenvalue weighted by Crippen LogP contribution is 2.19. The maximum absolute atomic E-state index is 13.1. The fourth-order valence-corrected chi connectivity index (χ4v) is 4.05. The van der Waals surface area contributed by atoms with Crippen LogP contribution in [0.15, 0.2) is 34.1 Å². The van der Waals surface area contributed by atoms with Crippen LogP contribution in [0.2, 0.25) is 0 Å². The number of carbonyl (C=O) groups excluding carboxylic acids is 2. The largest absolute Gasteiger partial charge is 0.379 e. The molecular weight excluding hydrogens is 444 g/mol. The van der Waals surface area contributed by atoms with Gasteiger partial charge in [0.25, 0.3) is 5.91 Å². The Morgan fingerprint density at radius 2 is 2.07 bits per heavy atom. The number of hydrogen-bond acceptors (Lipinski definition) is 6. The maximum Gasteiger partial charge on any atom is 0.255 e. The zero-order chi connectivity index (χ0) is 19.9. The second-order valence-electron chi connectivity index (χ2n) is 6.50. The molecule has 1 N–H and O–H groups in total. The molecule has 1 aromatic carbocycles. The number of nitrogens with zero attached hydrogens (tertiary/aromatic N) is 3. The Labute approximate surface area is 176 Å². The Hall–Kier alpha value is -1.81. The number of amides is 2. The molecule has 9 heteroatoms. The van der Waals surface area contributed by atoms with Crippen molar-refractivity contribution in [2.75, 3.05) is 51.3 Å². The van der Waals surface area contributed by atoms with E-state index in [0.717, 1.165) is 18.8 Å². The summed E-state index contributed by atoms with van der Waals surface area (Å²) in [5, 5.41) is 5.20.